The molecule has 0 bridgehead atoms. The van der Waals surface area contributed by atoms with Crippen molar-refractivity contribution in [1.29, 1.82) is 0 Å². The van der Waals surface area contributed by atoms with E-state index in [0.717, 1.165) is 39.2 Å². The fraction of sp³-hybridized carbons (Fsp3) is 0.292. The average molecular weight is 451 g/mol. The zero-order valence-electron chi connectivity index (χ0n) is 18.2. The highest BCUT2D eigenvalue weighted by Gasteiger charge is 2.29. The molecule has 8 heteroatoms. The third kappa shape index (κ3) is 4.65. The molecule has 166 valence electrons. The Labute approximate surface area is 191 Å². The molecule has 7 nitrogen and oxygen atoms in total. The Bertz CT molecular complexity index is 1110. The molecular formula is C24H26N4O3S. The van der Waals surface area contributed by atoms with E-state index >= 15 is 0 Å². The minimum Gasteiger partial charge on any atom is -0.496 e. The number of anilines is 1. The van der Waals surface area contributed by atoms with Gasteiger partial charge in [0.15, 0.2) is 0 Å². The number of hydrogen-bond donors (Lipinski definition) is 1. The molecule has 0 fully saturated rings. The number of ether oxygens (including phenoxy) is 1. The zero-order chi connectivity index (χ0) is 22.5. The molecule has 0 unspecified atom stereocenters. The third-order valence-corrected chi connectivity index (χ3v) is 6.37. The van der Waals surface area contributed by atoms with Crippen LogP contribution in [-0.4, -0.2) is 41.0 Å². The van der Waals surface area contributed by atoms with E-state index in [2.05, 4.69) is 10.4 Å². The van der Waals surface area contributed by atoms with Gasteiger partial charge in [0.05, 0.1) is 24.2 Å². The van der Waals surface area contributed by atoms with Gasteiger partial charge in [0, 0.05) is 37.2 Å². The van der Waals surface area contributed by atoms with Crippen molar-refractivity contribution in [3.8, 4) is 11.4 Å². The maximum Gasteiger partial charge on any atom is 0.227 e. The quantitative estimate of drug-likeness (QED) is 0.594. The maximum atomic E-state index is 13.0. The van der Waals surface area contributed by atoms with Crippen LogP contribution in [0, 0.1) is 6.92 Å². The number of benzene rings is 2. The van der Waals surface area contributed by atoms with Crippen molar-refractivity contribution in [2.24, 2.45) is 0 Å². The number of nitrogens with zero attached hydrogens (tertiary/aromatic N) is 3. The van der Waals surface area contributed by atoms with Gasteiger partial charge < -0.3 is 15.0 Å². The molecular weight excluding hydrogens is 424 g/mol. The van der Waals surface area contributed by atoms with Gasteiger partial charge in [-0.05, 0) is 25.1 Å². The second-order valence-corrected chi connectivity index (χ2v) is 8.55. The van der Waals surface area contributed by atoms with Crippen LogP contribution >= 0.6 is 11.8 Å². The van der Waals surface area contributed by atoms with Gasteiger partial charge in [-0.15, -0.1) is 11.8 Å². The Morgan fingerprint density at radius 1 is 1.09 bits per heavy atom. The summed E-state index contributed by atoms with van der Waals surface area (Å²) in [4.78, 5) is 27.2. The number of carbonyl (C=O) groups excluding carboxylic acids is 2. The Morgan fingerprint density at radius 2 is 1.84 bits per heavy atom. The molecule has 32 heavy (non-hydrogen) atoms. The predicted octanol–water partition coefficient (Wildman–Crippen LogP) is 3.72. The van der Waals surface area contributed by atoms with Gasteiger partial charge in [-0.3, -0.25) is 9.59 Å². The van der Waals surface area contributed by atoms with Crippen LogP contribution in [0.3, 0.4) is 0 Å². The number of amides is 2. The highest BCUT2D eigenvalue weighted by atomic mass is 32.2. The van der Waals surface area contributed by atoms with Crippen LogP contribution in [0.4, 0.5) is 5.69 Å². The van der Waals surface area contributed by atoms with Gasteiger partial charge in [-0.25, -0.2) is 4.68 Å². The number of rotatable bonds is 7. The number of methoxy groups -OCH3 is 1. The number of carbonyl (C=O) groups is 2. The van der Waals surface area contributed by atoms with Crippen molar-refractivity contribution in [2.75, 3.05) is 24.3 Å². The molecule has 0 aliphatic carbocycles. The molecule has 1 aromatic heterocycles. The number of thioether (sulfide) groups is 1. The van der Waals surface area contributed by atoms with Crippen molar-refractivity contribution < 1.29 is 14.3 Å². The standard InChI is InChI=1S/C24H26N4O3S/c1-17-23-24(28(26-17)19-9-4-3-5-10-19)32-15-14-27(23)22(30)13-12-21(29)25-16-18-8-6-7-11-20(18)31-2/h3-11H,12-16H2,1-2H3,(H,25,29). The van der Waals surface area contributed by atoms with E-state index in [1.807, 2.05) is 66.2 Å². The minimum atomic E-state index is -0.160. The van der Waals surface area contributed by atoms with E-state index in [-0.39, 0.29) is 24.7 Å². The highest BCUT2D eigenvalue weighted by Crippen LogP contribution is 2.39. The van der Waals surface area contributed by atoms with Crippen LogP contribution in [0.15, 0.2) is 59.6 Å². The monoisotopic (exact) mass is 450 g/mol. The first-order valence-corrected chi connectivity index (χ1v) is 11.5. The van der Waals surface area contributed by atoms with Crippen LogP contribution < -0.4 is 15.0 Å². The van der Waals surface area contributed by atoms with Crippen LogP contribution in [0.1, 0.15) is 24.1 Å². The first-order valence-electron chi connectivity index (χ1n) is 10.5. The molecule has 0 radical (unpaired) electrons. The Kier molecular flexibility index (Phi) is 6.80. The Morgan fingerprint density at radius 3 is 2.62 bits per heavy atom. The lowest BCUT2D eigenvalue weighted by Crippen LogP contribution is -2.36. The molecule has 1 N–H and O–H groups in total. The van der Waals surface area contributed by atoms with E-state index in [4.69, 9.17) is 4.74 Å². The molecule has 0 atom stereocenters. The molecule has 3 aromatic rings. The smallest absolute Gasteiger partial charge is 0.227 e. The summed E-state index contributed by atoms with van der Waals surface area (Å²) in [6.07, 6.45) is 0.288. The molecule has 2 heterocycles. The van der Waals surface area contributed by atoms with Crippen LogP contribution in [0.25, 0.3) is 5.69 Å². The number of aryl methyl sites for hydroxylation is 1. The molecule has 0 spiro atoms. The van der Waals surface area contributed by atoms with Crippen LogP contribution in [0.2, 0.25) is 0 Å². The molecule has 0 saturated carbocycles. The van der Waals surface area contributed by atoms with Gasteiger partial charge >= 0.3 is 0 Å². The summed E-state index contributed by atoms with van der Waals surface area (Å²) in [6, 6.07) is 17.5. The fourth-order valence-corrected chi connectivity index (χ4v) is 4.89. The summed E-state index contributed by atoms with van der Waals surface area (Å²) < 4.78 is 7.21. The Hall–Kier alpha value is -3.26. The van der Waals surface area contributed by atoms with Crippen molar-refractivity contribution in [1.82, 2.24) is 15.1 Å². The number of hydrogen-bond acceptors (Lipinski definition) is 5. The fourth-order valence-electron chi connectivity index (χ4n) is 3.76. The predicted molar refractivity (Wildman–Crippen MR) is 125 cm³/mol. The lowest BCUT2D eigenvalue weighted by molar-refractivity contribution is -0.125. The van der Waals surface area contributed by atoms with E-state index in [0.29, 0.717) is 13.1 Å². The summed E-state index contributed by atoms with van der Waals surface area (Å²) in [6.45, 7) is 2.90. The van der Waals surface area contributed by atoms with Gasteiger partial charge in [-0.2, -0.15) is 5.10 Å². The van der Waals surface area contributed by atoms with Crippen molar-refractivity contribution in [3.63, 3.8) is 0 Å². The van der Waals surface area contributed by atoms with Crippen molar-refractivity contribution in [2.45, 2.75) is 31.3 Å². The van der Waals surface area contributed by atoms with Gasteiger partial charge in [0.25, 0.3) is 0 Å². The van der Waals surface area contributed by atoms with Crippen LogP contribution in [-0.2, 0) is 16.1 Å². The summed E-state index contributed by atoms with van der Waals surface area (Å²) in [7, 11) is 1.60. The summed E-state index contributed by atoms with van der Waals surface area (Å²) in [5.41, 5.74) is 3.53. The normalized spacial score (nSPS) is 12.9. The summed E-state index contributed by atoms with van der Waals surface area (Å²) >= 11 is 1.70. The molecule has 2 amide bonds. The lowest BCUT2D eigenvalue weighted by Gasteiger charge is -2.27. The molecule has 1 aliphatic heterocycles. The maximum absolute atomic E-state index is 13.0. The number of para-hydroxylation sites is 2. The van der Waals surface area contributed by atoms with Crippen LogP contribution in [0.5, 0.6) is 5.75 Å². The minimum absolute atomic E-state index is 0.0605. The van der Waals surface area contributed by atoms with Gasteiger partial charge in [-0.1, -0.05) is 36.4 Å². The zero-order valence-corrected chi connectivity index (χ0v) is 19.0. The van der Waals surface area contributed by atoms with E-state index in [1.54, 1.807) is 23.8 Å². The number of fused-ring (bicyclic) bond motifs is 1. The van der Waals surface area contributed by atoms with Crippen molar-refractivity contribution >= 4 is 29.3 Å². The highest BCUT2D eigenvalue weighted by molar-refractivity contribution is 7.99. The van der Waals surface area contributed by atoms with Crippen molar-refractivity contribution in [3.05, 3.63) is 65.9 Å². The van der Waals surface area contributed by atoms with E-state index < -0.39 is 0 Å². The average Bonchev–Trinajstić information content (AvgIpc) is 3.18. The lowest BCUT2D eigenvalue weighted by atomic mass is 10.2. The number of aromatic nitrogens is 2. The second-order valence-electron chi connectivity index (χ2n) is 7.47. The first kappa shape index (κ1) is 22.0. The van der Waals surface area contributed by atoms with E-state index in [9.17, 15) is 9.59 Å². The van der Waals surface area contributed by atoms with E-state index in [1.165, 1.54) is 0 Å². The number of nitrogens with one attached hydrogen (secondary N) is 1. The largest absolute Gasteiger partial charge is 0.496 e. The summed E-state index contributed by atoms with van der Waals surface area (Å²) in [5, 5.41) is 8.52. The topological polar surface area (TPSA) is 76.5 Å². The molecule has 0 saturated heterocycles. The molecule has 2 aromatic carbocycles. The van der Waals surface area contributed by atoms with Gasteiger partial charge in [0.1, 0.15) is 10.8 Å². The first-order chi connectivity index (χ1) is 15.6. The second kappa shape index (κ2) is 9.91. The third-order valence-electron chi connectivity index (χ3n) is 5.35. The molecule has 1 aliphatic rings. The summed E-state index contributed by atoms with van der Waals surface area (Å²) in [5.74, 6) is 1.30. The molecule has 4 rings (SSSR count). The van der Waals surface area contributed by atoms with Gasteiger partial charge in [0.2, 0.25) is 11.8 Å². The SMILES string of the molecule is COc1ccccc1CNC(=O)CCC(=O)N1CCSc2c1c(C)nn2-c1ccccc1. The Balaban J connectivity index is 1.40.